The lowest BCUT2D eigenvalue weighted by Gasteiger charge is -2.18. The molecule has 0 saturated carbocycles. The lowest BCUT2D eigenvalue weighted by atomic mass is 9.93. The molecule has 1 rings (SSSR count). The Morgan fingerprint density at radius 2 is 2.20 bits per heavy atom. The Bertz CT molecular complexity index is 387. The zero-order valence-electron chi connectivity index (χ0n) is 11.8. The topological polar surface area (TPSA) is 29.5 Å². The average Bonchev–Trinajstić information content (AvgIpc) is 2.34. The van der Waals surface area contributed by atoms with Crippen LogP contribution < -0.4 is 0 Å². The Morgan fingerprint density at radius 3 is 2.73 bits per heavy atom. The van der Waals surface area contributed by atoms with E-state index >= 15 is 0 Å². The SMILES string of the molecule is [2H]C([2H])([2H])C(=C)[C@H](C[C@H](C)c1ccccc1)OO. The standard InChI is InChI=1S/C13H18O2/c1-10(2)13(15-14)9-11(3)12-7-5-4-6-8-12/h4-8,11,13-14H,1,9H2,2-3H3/t11-,13-/m0/s1/i2D3. The van der Waals surface area contributed by atoms with Crippen molar-refractivity contribution in [2.75, 3.05) is 0 Å². The zero-order chi connectivity index (χ0) is 13.8. The normalized spacial score (nSPS) is 18.4. The van der Waals surface area contributed by atoms with Gasteiger partial charge in [-0.25, -0.2) is 4.89 Å². The van der Waals surface area contributed by atoms with E-state index in [1.807, 2.05) is 37.3 Å². The first kappa shape index (κ1) is 8.08. The van der Waals surface area contributed by atoms with E-state index in [4.69, 9.17) is 9.37 Å². The van der Waals surface area contributed by atoms with E-state index in [0.717, 1.165) is 5.56 Å². The summed E-state index contributed by atoms with van der Waals surface area (Å²) >= 11 is 0. The van der Waals surface area contributed by atoms with Crippen LogP contribution in [-0.2, 0) is 4.89 Å². The van der Waals surface area contributed by atoms with Gasteiger partial charge in [-0.1, -0.05) is 43.8 Å². The molecular formula is C13H18O2. The van der Waals surface area contributed by atoms with E-state index in [9.17, 15) is 0 Å². The molecule has 1 aromatic carbocycles. The summed E-state index contributed by atoms with van der Waals surface area (Å²) in [4.78, 5) is 4.27. The van der Waals surface area contributed by atoms with Gasteiger partial charge >= 0.3 is 0 Å². The van der Waals surface area contributed by atoms with Gasteiger partial charge in [0.25, 0.3) is 0 Å². The third-order valence-electron chi connectivity index (χ3n) is 2.45. The highest BCUT2D eigenvalue weighted by Gasteiger charge is 2.15. The van der Waals surface area contributed by atoms with Gasteiger partial charge in [0.15, 0.2) is 0 Å². The van der Waals surface area contributed by atoms with Gasteiger partial charge in [-0.2, -0.15) is 0 Å². The van der Waals surface area contributed by atoms with Gasteiger partial charge in [-0.05, 0) is 30.3 Å². The van der Waals surface area contributed by atoms with Crippen molar-refractivity contribution < 1.29 is 14.3 Å². The molecular weight excluding hydrogens is 188 g/mol. The summed E-state index contributed by atoms with van der Waals surface area (Å²) in [6.07, 6.45) is -0.509. The minimum absolute atomic E-state index is 0.0717. The summed E-state index contributed by atoms with van der Waals surface area (Å²) < 4.78 is 21.8. The van der Waals surface area contributed by atoms with Crippen LogP contribution in [0.25, 0.3) is 0 Å². The highest BCUT2D eigenvalue weighted by Crippen LogP contribution is 2.23. The Hall–Kier alpha value is -1.12. The van der Waals surface area contributed by atoms with Gasteiger partial charge in [0.2, 0.25) is 0 Å². The lowest BCUT2D eigenvalue weighted by molar-refractivity contribution is -0.270. The molecule has 2 heteroatoms. The maximum atomic E-state index is 8.84. The maximum absolute atomic E-state index is 8.84. The van der Waals surface area contributed by atoms with Gasteiger partial charge in [0.05, 0.1) is 0 Å². The van der Waals surface area contributed by atoms with Crippen LogP contribution in [0.5, 0.6) is 0 Å². The van der Waals surface area contributed by atoms with Crippen molar-refractivity contribution in [2.45, 2.75) is 32.2 Å². The molecule has 0 amide bonds. The fourth-order valence-electron chi connectivity index (χ4n) is 1.49. The minimum Gasteiger partial charge on any atom is -0.251 e. The van der Waals surface area contributed by atoms with Crippen LogP contribution in [-0.4, -0.2) is 11.4 Å². The molecule has 0 aliphatic heterocycles. The monoisotopic (exact) mass is 209 g/mol. The van der Waals surface area contributed by atoms with Gasteiger partial charge in [0.1, 0.15) is 6.10 Å². The summed E-state index contributed by atoms with van der Waals surface area (Å²) in [5.74, 6) is 0.0717. The summed E-state index contributed by atoms with van der Waals surface area (Å²) in [6.45, 7) is 3.13. The predicted octanol–water partition coefficient (Wildman–Crippen LogP) is 3.61. The first-order valence-corrected chi connectivity index (χ1v) is 4.90. The second-order valence-corrected chi connectivity index (χ2v) is 3.67. The molecule has 0 fully saturated rings. The highest BCUT2D eigenvalue weighted by molar-refractivity contribution is 5.19. The van der Waals surface area contributed by atoms with E-state index in [1.54, 1.807) is 0 Å². The first-order chi connectivity index (χ1) is 8.36. The second-order valence-electron chi connectivity index (χ2n) is 3.67. The largest absolute Gasteiger partial charge is 0.251 e. The van der Waals surface area contributed by atoms with E-state index in [0.29, 0.717) is 6.42 Å². The predicted molar refractivity (Wildman–Crippen MR) is 61.8 cm³/mol. The summed E-state index contributed by atoms with van der Waals surface area (Å²) in [7, 11) is 0. The molecule has 0 bridgehead atoms. The quantitative estimate of drug-likeness (QED) is 0.456. The van der Waals surface area contributed by atoms with Crippen molar-refractivity contribution >= 4 is 0 Å². The summed E-state index contributed by atoms with van der Waals surface area (Å²) in [5, 5.41) is 8.84. The molecule has 15 heavy (non-hydrogen) atoms. The van der Waals surface area contributed by atoms with Crippen molar-refractivity contribution in [3.05, 3.63) is 48.0 Å². The van der Waals surface area contributed by atoms with Gasteiger partial charge < -0.3 is 0 Å². The summed E-state index contributed by atoms with van der Waals surface area (Å²) in [5.41, 5.74) is 0.991. The van der Waals surface area contributed by atoms with Crippen LogP contribution in [0, 0.1) is 0 Å². The van der Waals surface area contributed by atoms with Crippen LogP contribution in [0.2, 0.25) is 0 Å². The molecule has 0 spiro atoms. The number of benzene rings is 1. The van der Waals surface area contributed by atoms with Crippen LogP contribution >= 0.6 is 0 Å². The fourth-order valence-corrected chi connectivity index (χ4v) is 1.49. The molecule has 0 aliphatic rings. The van der Waals surface area contributed by atoms with Crippen molar-refractivity contribution in [2.24, 2.45) is 0 Å². The van der Waals surface area contributed by atoms with Crippen molar-refractivity contribution in [1.82, 2.24) is 0 Å². The molecule has 0 unspecified atom stereocenters. The van der Waals surface area contributed by atoms with Gasteiger partial charge in [-0.15, -0.1) is 0 Å². The van der Waals surface area contributed by atoms with Crippen LogP contribution in [0.15, 0.2) is 42.5 Å². The summed E-state index contributed by atoms with van der Waals surface area (Å²) in [6, 6.07) is 9.66. The molecule has 0 aliphatic carbocycles. The molecule has 0 aromatic heterocycles. The molecule has 2 nitrogen and oxygen atoms in total. The highest BCUT2D eigenvalue weighted by atomic mass is 17.1. The lowest BCUT2D eigenvalue weighted by Crippen LogP contribution is -2.15. The first-order valence-electron chi connectivity index (χ1n) is 6.40. The van der Waals surface area contributed by atoms with Gasteiger partial charge in [-0.3, -0.25) is 5.26 Å². The Kier molecular flexibility index (Phi) is 3.06. The van der Waals surface area contributed by atoms with Crippen LogP contribution in [0.3, 0.4) is 0 Å². The Morgan fingerprint density at radius 1 is 1.53 bits per heavy atom. The van der Waals surface area contributed by atoms with Crippen molar-refractivity contribution in [3.63, 3.8) is 0 Å². The van der Waals surface area contributed by atoms with Gasteiger partial charge in [0, 0.05) is 4.11 Å². The molecule has 0 radical (unpaired) electrons. The molecule has 0 heterocycles. The fraction of sp³-hybridized carbons (Fsp3) is 0.385. The van der Waals surface area contributed by atoms with Crippen molar-refractivity contribution in [3.8, 4) is 0 Å². The average molecular weight is 209 g/mol. The number of hydrogen-bond donors (Lipinski definition) is 1. The Balaban J connectivity index is 2.73. The van der Waals surface area contributed by atoms with Crippen LogP contribution in [0.1, 0.15) is 35.8 Å². The third kappa shape index (κ3) is 3.50. The van der Waals surface area contributed by atoms with E-state index in [1.165, 1.54) is 0 Å². The minimum atomic E-state index is -2.32. The number of rotatable bonds is 5. The Labute approximate surface area is 95.3 Å². The molecule has 1 N–H and O–H groups in total. The zero-order valence-corrected chi connectivity index (χ0v) is 8.81. The molecule has 82 valence electrons. The third-order valence-corrected chi connectivity index (χ3v) is 2.45. The molecule has 2 atom stereocenters. The number of hydrogen-bond acceptors (Lipinski definition) is 2. The maximum Gasteiger partial charge on any atom is 0.114 e. The van der Waals surface area contributed by atoms with E-state index < -0.39 is 13.0 Å². The van der Waals surface area contributed by atoms with E-state index in [2.05, 4.69) is 11.5 Å². The van der Waals surface area contributed by atoms with Crippen LogP contribution in [0.4, 0.5) is 0 Å². The molecule has 1 aromatic rings. The van der Waals surface area contributed by atoms with Crippen molar-refractivity contribution in [1.29, 1.82) is 0 Å². The van der Waals surface area contributed by atoms with E-state index in [-0.39, 0.29) is 11.5 Å². The smallest absolute Gasteiger partial charge is 0.114 e. The second kappa shape index (κ2) is 5.69. The molecule has 0 saturated heterocycles.